The van der Waals surface area contributed by atoms with Crippen LogP contribution in [0.2, 0.25) is 0 Å². The predicted octanol–water partition coefficient (Wildman–Crippen LogP) is 2.27. The van der Waals surface area contributed by atoms with E-state index in [1.165, 1.54) is 0 Å². The molecular weight excluding hydrogens is 380 g/mol. The molecule has 2 aromatic heterocycles. The van der Waals surface area contributed by atoms with Gasteiger partial charge < -0.3 is 19.7 Å². The fourth-order valence-corrected chi connectivity index (χ4v) is 4.37. The molecule has 30 heavy (non-hydrogen) atoms. The summed E-state index contributed by atoms with van der Waals surface area (Å²) in [6.45, 7) is 2.63. The summed E-state index contributed by atoms with van der Waals surface area (Å²) in [4.78, 5) is 38.4. The Labute approximate surface area is 174 Å². The Morgan fingerprint density at radius 1 is 1.13 bits per heavy atom. The molecule has 0 radical (unpaired) electrons. The number of aromatic nitrogens is 3. The molecule has 4 heterocycles. The second-order valence-corrected chi connectivity index (χ2v) is 8.22. The van der Waals surface area contributed by atoms with E-state index < -0.39 is 0 Å². The van der Waals surface area contributed by atoms with Crippen molar-refractivity contribution in [1.82, 2.24) is 24.3 Å². The summed E-state index contributed by atoms with van der Waals surface area (Å²) < 4.78 is 1.81. The molecule has 1 aromatic carbocycles. The van der Waals surface area contributed by atoms with E-state index in [4.69, 9.17) is 0 Å². The molecule has 0 spiro atoms. The van der Waals surface area contributed by atoms with Gasteiger partial charge in [-0.05, 0) is 62.8 Å². The van der Waals surface area contributed by atoms with Crippen LogP contribution < -0.4 is 5.32 Å². The number of benzene rings is 1. The topological polar surface area (TPSA) is 83.4 Å². The number of aryl methyl sites for hydroxylation is 1. The van der Waals surface area contributed by atoms with Gasteiger partial charge in [0.1, 0.15) is 5.52 Å². The van der Waals surface area contributed by atoms with Gasteiger partial charge in [-0.2, -0.15) is 0 Å². The molecule has 1 fully saturated rings. The molecule has 1 saturated heterocycles. The highest BCUT2D eigenvalue weighted by atomic mass is 16.2. The summed E-state index contributed by atoms with van der Waals surface area (Å²) >= 11 is 0. The molecule has 154 valence electrons. The number of hydrogen-bond acceptors (Lipinski definition) is 5. The number of nitrogens with one attached hydrogen (secondary N) is 1. The number of carbonyl (C=O) groups is 2. The lowest BCUT2D eigenvalue weighted by atomic mass is 10.0. The van der Waals surface area contributed by atoms with E-state index >= 15 is 0 Å². The van der Waals surface area contributed by atoms with Crippen molar-refractivity contribution in [2.75, 3.05) is 25.5 Å². The van der Waals surface area contributed by atoms with Crippen LogP contribution in [0, 0.1) is 0 Å². The Balaban J connectivity index is 1.32. The second-order valence-electron chi connectivity index (χ2n) is 8.22. The monoisotopic (exact) mass is 404 g/mol. The lowest BCUT2D eigenvalue weighted by Gasteiger charge is -2.34. The molecule has 2 aliphatic heterocycles. The Morgan fingerprint density at radius 2 is 1.93 bits per heavy atom. The van der Waals surface area contributed by atoms with Crippen LogP contribution in [0.3, 0.4) is 0 Å². The number of pyridine rings is 1. The minimum atomic E-state index is -0.244. The van der Waals surface area contributed by atoms with Gasteiger partial charge in [-0.15, -0.1) is 0 Å². The summed E-state index contributed by atoms with van der Waals surface area (Å²) in [5, 5.41) is 2.92. The highest BCUT2D eigenvalue weighted by Crippen LogP contribution is 2.30. The van der Waals surface area contributed by atoms with Gasteiger partial charge in [0.2, 0.25) is 0 Å². The first-order valence-electron chi connectivity index (χ1n) is 10.2. The zero-order valence-corrected chi connectivity index (χ0v) is 17.1. The van der Waals surface area contributed by atoms with Crippen molar-refractivity contribution in [2.24, 2.45) is 7.05 Å². The first-order valence-corrected chi connectivity index (χ1v) is 10.2. The van der Waals surface area contributed by atoms with Crippen molar-refractivity contribution in [2.45, 2.75) is 25.4 Å². The second kappa shape index (κ2) is 7.21. The van der Waals surface area contributed by atoms with Gasteiger partial charge in [0.25, 0.3) is 11.8 Å². The summed E-state index contributed by atoms with van der Waals surface area (Å²) in [5.41, 5.74) is 4.25. The molecule has 0 aliphatic carbocycles. The van der Waals surface area contributed by atoms with E-state index in [9.17, 15) is 9.59 Å². The average molecular weight is 404 g/mol. The van der Waals surface area contributed by atoms with E-state index in [-0.39, 0.29) is 17.9 Å². The van der Waals surface area contributed by atoms with Crippen molar-refractivity contribution in [3.8, 4) is 0 Å². The number of fused-ring (bicyclic) bond motifs is 2. The predicted molar refractivity (Wildman–Crippen MR) is 113 cm³/mol. The number of likely N-dealkylation sites (tertiary alicyclic amines) is 1. The maximum Gasteiger partial charge on any atom is 0.257 e. The SMILES string of the molecule is CN1CCC(N2Cc3cc(NC(=O)c4cnc5c(c4)ncn5C)ccc3C2=O)CC1. The third kappa shape index (κ3) is 3.23. The number of rotatable bonds is 3. The van der Waals surface area contributed by atoms with Crippen LogP contribution >= 0.6 is 0 Å². The van der Waals surface area contributed by atoms with Crippen LogP contribution in [0.1, 0.15) is 39.1 Å². The minimum Gasteiger partial charge on any atom is -0.331 e. The summed E-state index contributed by atoms with van der Waals surface area (Å²) in [5.74, 6) is -0.145. The van der Waals surface area contributed by atoms with Gasteiger partial charge in [-0.3, -0.25) is 9.59 Å². The van der Waals surface area contributed by atoms with Gasteiger partial charge in [-0.1, -0.05) is 0 Å². The maximum absolute atomic E-state index is 12.9. The van der Waals surface area contributed by atoms with E-state index in [2.05, 4.69) is 27.2 Å². The molecule has 2 amide bonds. The van der Waals surface area contributed by atoms with Crippen LogP contribution in [-0.2, 0) is 13.6 Å². The van der Waals surface area contributed by atoms with Crippen molar-refractivity contribution < 1.29 is 9.59 Å². The maximum atomic E-state index is 12.9. The van der Waals surface area contributed by atoms with Crippen LogP contribution in [0.4, 0.5) is 5.69 Å². The fraction of sp³-hybridized carbons (Fsp3) is 0.364. The Hall–Kier alpha value is -3.26. The summed E-state index contributed by atoms with van der Waals surface area (Å²) in [7, 11) is 3.98. The van der Waals surface area contributed by atoms with E-state index in [0.717, 1.165) is 42.7 Å². The zero-order valence-electron chi connectivity index (χ0n) is 17.1. The van der Waals surface area contributed by atoms with E-state index in [1.807, 2.05) is 28.6 Å². The Kier molecular flexibility index (Phi) is 4.51. The standard InChI is InChI=1S/C22H24N6O2/c1-26-7-5-17(6-8-26)28-12-15-9-16(3-4-18(15)22(28)30)25-21(29)14-10-19-20(23-11-14)27(2)13-24-19/h3-4,9-11,13,17H,5-8,12H2,1-2H3,(H,25,29). The quantitative estimate of drug-likeness (QED) is 0.724. The van der Waals surface area contributed by atoms with Crippen LogP contribution in [-0.4, -0.2) is 62.3 Å². The largest absolute Gasteiger partial charge is 0.331 e. The molecule has 2 aliphatic rings. The smallest absolute Gasteiger partial charge is 0.257 e. The molecule has 0 saturated carbocycles. The van der Waals surface area contributed by atoms with Gasteiger partial charge in [0.15, 0.2) is 5.65 Å². The highest BCUT2D eigenvalue weighted by Gasteiger charge is 2.34. The third-order valence-corrected chi connectivity index (χ3v) is 6.14. The molecule has 5 rings (SSSR count). The first kappa shape index (κ1) is 18.7. The molecule has 0 atom stereocenters. The Morgan fingerprint density at radius 3 is 2.73 bits per heavy atom. The molecule has 8 nitrogen and oxygen atoms in total. The lowest BCUT2D eigenvalue weighted by molar-refractivity contribution is 0.0616. The highest BCUT2D eigenvalue weighted by molar-refractivity contribution is 6.06. The van der Waals surface area contributed by atoms with Crippen LogP contribution in [0.5, 0.6) is 0 Å². The van der Waals surface area contributed by atoms with Crippen molar-refractivity contribution in [1.29, 1.82) is 0 Å². The summed E-state index contributed by atoms with van der Waals surface area (Å²) in [6.07, 6.45) is 5.23. The molecule has 8 heteroatoms. The molecule has 0 unspecified atom stereocenters. The number of imidazole rings is 1. The number of anilines is 1. The van der Waals surface area contributed by atoms with Crippen LogP contribution in [0.15, 0.2) is 36.8 Å². The fourth-order valence-electron chi connectivity index (χ4n) is 4.37. The van der Waals surface area contributed by atoms with Crippen molar-refractivity contribution >= 4 is 28.7 Å². The van der Waals surface area contributed by atoms with E-state index in [1.54, 1.807) is 24.7 Å². The average Bonchev–Trinajstić information content (AvgIpc) is 3.28. The lowest BCUT2D eigenvalue weighted by Crippen LogP contribution is -2.43. The van der Waals surface area contributed by atoms with Crippen LogP contribution in [0.25, 0.3) is 11.2 Å². The molecule has 1 N–H and O–H groups in total. The van der Waals surface area contributed by atoms with Crippen molar-refractivity contribution in [3.63, 3.8) is 0 Å². The molecular formula is C22H24N6O2. The van der Waals surface area contributed by atoms with Gasteiger partial charge in [-0.25, -0.2) is 9.97 Å². The third-order valence-electron chi connectivity index (χ3n) is 6.14. The van der Waals surface area contributed by atoms with Gasteiger partial charge in [0, 0.05) is 37.1 Å². The van der Waals surface area contributed by atoms with Gasteiger partial charge >= 0.3 is 0 Å². The first-order chi connectivity index (χ1) is 14.5. The number of amides is 2. The zero-order chi connectivity index (χ0) is 20.8. The number of carbonyl (C=O) groups excluding carboxylic acids is 2. The molecule has 0 bridgehead atoms. The molecule has 3 aromatic rings. The number of hydrogen-bond donors (Lipinski definition) is 1. The Bertz CT molecular complexity index is 1150. The van der Waals surface area contributed by atoms with E-state index in [0.29, 0.717) is 23.3 Å². The number of piperidine rings is 1. The summed E-state index contributed by atoms with van der Waals surface area (Å²) in [6, 6.07) is 7.54. The minimum absolute atomic E-state index is 0.0993. The number of nitrogens with zero attached hydrogens (tertiary/aromatic N) is 5. The normalized spacial score (nSPS) is 17.5. The van der Waals surface area contributed by atoms with Gasteiger partial charge in [0.05, 0.1) is 11.9 Å². The van der Waals surface area contributed by atoms with Crippen molar-refractivity contribution in [3.05, 3.63) is 53.5 Å².